The molecule has 0 saturated heterocycles. The molecular formula is C12H23ClO. The first kappa shape index (κ1) is 14.0. The summed E-state index contributed by atoms with van der Waals surface area (Å²) in [6.07, 6.45) is 9.60. The Kier molecular flexibility index (Phi) is 9.49. The molecule has 0 aromatic heterocycles. The van der Waals surface area contributed by atoms with E-state index in [-0.39, 0.29) is 5.24 Å². The van der Waals surface area contributed by atoms with Gasteiger partial charge in [-0.2, -0.15) is 0 Å². The molecular weight excluding hydrogens is 196 g/mol. The normalized spacial score (nSPS) is 12.8. The number of halogens is 1. The first-order valence-corrected chi connectivity index (χ1v) is 6.23. The van der Waals surface area contributed by atoms with Gasteiger partial charge in [0.25, 0.3) is 0 Å². The van der Waals surface area contributed by atoms with Gasteiger partial charge in [0.2, 0.25) is 5.24 Å². The van der Waals surface area contributed by atoms with E-state index in [2.05, 4.69) is 13.8 Å². The second-order valence-electron chi connectivity index (χ2n) is 4.22. The fraction of sp³-hybridized carbons (Fsp3) is 0.917. The minimum Gasteiger partial charge on any atom is -0.281 e. The lowest BCUT2D eigenvalue weighted by molar-refractivity contribution is -0.112. The number of rotatable bonds is 9. The van der Waals surface area contributed by atoms with Crippen LogP contribution in [0.3, 0.4) is 0 Å². The summed E-state index contributed by atoms with van der Waals surface area (Å²) < 4.78 is 0. The summed E-state index contributed by atoms with van der Waals surface area (Å²) in [5.41, 5.74) is 0. The van der Waals surface area contributed by atoms with E-state index in [1.807, 2.05) is 0 Å². The van der Waals surface area contributed by atoms with Gasteiger partial charge >= 0.3 is 0 Å². The fourth-order valence-electron chi connectivity index (χ4n) is 1.65. The average Bonchev–Trinajstić information content (AvgIpc) is 2.10. The van der Waals surface area contributed by atoms with Crippen molar-refractivity contribution >= 4 is 16.8 Å². The van der Waals surface area contributed by atoms with E-state index in [0.717, 1.165) is 6.42 Å². The van der Waals surface area contributed by atoms with Crippen LogP contribution in [0.1, 0.15) is 65.2 Å². The molecule has 0 fully saturated rings. The van der Waals surface area contributed by atoms with Crippen LogP contribution in [0.4, 0.5) is 0 Å². The van der Waals surface area contributed by atoms with Crippen molar-refractivity contribution in [3.05, 3.63) is 0 Å². The summed E-state index contributed by atoms with van der Waals surface area (Å²) in [7, 11) is 0. The highest BCUT2D eigenvalue weighted by Gasteiger charge is 2.05. The Bertz CT molecular complexity index is 145. The Morgan fingerprint density at radius 2 is 1.71 bits per heavy atom. The molecule has 0 aliphatic heterocycles. The van der Waals surface area contributed by atoms with Crippen molar-refractivity contribution in [1.29, 1.82) is 0 Å². The quantitative estimate of drug-likeness (QED) is 0.411. The summed E-state index contributed by atoms with van der Waals surface area (Å²) >= 11 is 5.32. The van der Waals surface area contributed by atoms with Crippen molar-refractivity contribution in [2.75, 3.05) is 0 Å². The summed E-state index contributed by atoms with van der Waals surface area (Å²) in [6, 6.07) is 0. The third kappa shape index (κ3) is 10.0. The van der Waals surface area contributed by atoms with Crippen LogP contribution in [-0.2, 0) is 4.79 Å². The van der Waals surface area contributed by atoms with Gasteiger partial charge in [0.1, 0.15) is 0 Å². The first-order valence-electron chi connectivity index (χ1n) is 5.85. The highest BCUT2D eigenvalue weighted by Crippen LogP contribution is 2.15. The van der Waals surface area contributed by atoms with Gasteiger partial charge in [-0.05, 0) is 17.5 Å². The maximum atomic E-state index is 10.6. The highest BCUT2D eigenvalue weighted by molar-refractivity contribution is 6.63. The molecule has 0 N–H and O–H groups in total. The molecule has 0 heterocycles. The van der Waals surface area contributed by atoms with Crippen molar-refractivity contribution in [3.8, 4) is 0 Å². The van der Waals surface area contributed by atoms with E-state index >= 15 is 0 Å². The van der Waals surface area contributed by atoms with Gasteiger partial charge in [0.05, 0.1) is 0 Å². The molecule has 0 aliphatic carbocycles. The van der Waals surface area contributed by atoms with Crippen molar-refractivity contribution < 1.29 is 4.79 Å². The zero-order chi connectivity index (χ0) is 10.8. The van der Waals surface area contributed by atoms with Crippen molar-refractivity contribution in [3.63, 3.8) is 0 Å². The standard InChI is InChI=1S/C12H23ClO/c1-3-4-5-6-7-8-9-11(2)10-12(13)14/h11H,3-10H2,1-2H3/t11-/m1/s1. The van der Waals surface area contributed by atoms with E-state index in [1.54, 1.807) is 0 Å². The van der Waals surface area contributed by atoms with Crippen LogP contribution in [0.2, 0.25) is 0 Å². The predicted molar refractivity (Wildman–Crippen MR) is 62.6 cm³/mol. The number of carbonyl (C=O) groups excluding carboxylic acids is 1. The molecule has 1 atom stereocenters. The molecule has 0 aromatic rings. The molecule has 0 aromatic carbocycles. The lowest BCUT2D eigenvalue weighted by atomic mass is 9.99. The van der Waals surface area contributed by atoms with Gasteiger partial charge in [-0.25, -0.2) is 0 Å². The lowest BCUT2D eigenvalue weighted by Gasteiger charge is -2.07. The molecule has 0 unspecified atom stereocenters. The Morgan fingerprint density at radius 1 is 1.14 bits per heavy atom. The van der Waals surface area contributed by atoms with Crippen molar-refractivity contribution in [2.45, 2.75) is 65.2 Å². The molecule has 0 bridgehead atoms. The average molecular weight is 219 g/mol. The van der Waals surface area contributed by atoms with Gasteiger partial charge in [-0.15, -0.1) is 0 Å². The summed E-state index contributed by atoms with van der Waals surface area (Å²) in [5.74, 6) is 0.464. The molecule has 0 aliphatic rings. The molecule has 84 valence electrons. The van der Waals surface area contributed by atoms with Crippen molar-refractivity contribution in [2.24, 2.45) is 5.92 Å². The molecule has 2 heteroatoms. The monoisotopic (exact) mass is 218 g/mol. The molecule has 0 amide bonds. The van der Waals surface area contributed by atoms with Gasteiger partial charge in [-0.1, -0.05) is 58.8 Å². The second kappa shape index (κ2) is 9.51. The highest BCUT2D eigenvalue weighted by atomic mass is 35.5. The third-order valence-electron chi connectivity index (χ3n) is 2.56. The van der Waals surface area contributed by atoms with Crippen LogP contribution >= 0.6 is 11.6 Å². The van der Waals surface area contributed by atoms with E-state index in [0.29, 0.717) is 12.3 Å². The van der Waals surface area contributed by atoms with E-state index < -0.39 is 0 Å². The van der Waals surface area contributed by atoms with Crippen LogP contribution in [0, 0.1) is 5.92 Å². The van der Waals surface area contributed by atoms with Crippen LogP contribution < -0.4 is 0 Å². The minimum absolute atomic E-state index is 0.191. The molecule has 0 radical (unpaired) electrons. The van der Waals surface area contributed by atoms with Gasteiger partial charge < -0.3 is 0 Å². The first-order chi connectivity index (χ1) is 6.66. The van der Waals surface area contributed by atoms with Gasteiger partial charge in [-0.3, -0.25) is 4.79 Å². The summed E-state index contributed by atoms with van der Waals surface area (Å²) in [6.45, 7) is 4.33. The van der Waals surface area contributed by atoms with Crippen LogP contribution in [0.15, 0.2) is 0 Å². The van der Waals surface area contributed by atoms with Gasteiger partial charge in [0.15, 0.2) is 0 Å². The maximum absolute atomic E-state index is 10.6. The molecule has 0 rings (SSSR count). The topological polar surface area (TPSA) is 17.1 Å². The Balaban J connectivity index is 3.14. The molecule has 0 spiro atoms. The number of hydrogen-bond donors (Lipinski definition) is 0. The molecule has 14 heavy (non-hydrogen) atoms. The Labute approximate surface area is 93.2 Å². The number of carbonyl (C=O) groups is 1. The van der Waals surface area contributed by atoms with Gasteiger partial charge in [0, 0.05) is 6.42 Å². The number of unbranched alkanes of at least 4 members (excludes halogenated alkanes) is 5. The molecule has 0 saturated carbocycles. The number of hydrogen-bond acceptors (Lipinski definition) is 1. The van der Waals surface area contributed by atoms with E-state index in [4.69, 9.17) is 11.6 Å². The smallest absolute Gasteiger partial charge is 0.221 e. The van der Waals surface area contributed by atoms with Crippen LogP contribution in [-0.4, -0.2) is 5.24 Å². The summed E-state index contributed by atoms with van der Waals surface area (Å²) in [4.78, 5) is 10.6. The Morgan fingerprint density at radius 3 is 2.29 bits per heavy atom. The van der Waals surface area contributed by atoms with E-state index in [9.17, 15) is 4.79 Å². The zero-order valence-electron chi connectivity index (χ0n) is 9.52. The predicted octanol–water partition coefficient (Wildman–Crippen LogP) is 4.53. The minimum atomic E-state index is -0.191. The maximum Gasteiger partial charge on any atom is 0.221 e. The van der Waals surface area contributed by atoms with Crippen LogP contribution in [0.25, 0.3) is 0 Å². The summed E-state index contributed by atoms with van der Waals surface area (Å²) in [5, 5.41) is -0.191. The zero-order valence-corrected chi connectivity index (χ0v) is 10.3. The largest absolute Gasteiger partial charge is 0.281 e. The third-order valence-corrected chi connectivity index (χ3v) is 2.71. The van der Waals surface area contributed by atoms with Crippen molar-refractivity contribution in [1.82, 2.24) is 0 Å². The SMILES string of the molecule is CCCCCCCC[C@@H](C)CC(=O)Cl. The Hall–Kier alpha value is -0.0400. The molecule has 1 nitrogen and oxygen atoms in total. The second-order valence-corrected chi connectivity index (χ2v) is 4.64. The lowest BCUT2D eigenvalue weighted by Crippen LogP contribution is -1.99. The van der Waals surface area contributed by atoms with E-state index in [1.165, 1.54) is 38.5 Å². The fourth-order valence-corrected chi connectivity index (χ4v) is 1.91. The van der Waals surface area contributed by atoms with Crippen LogP contribution in [0.5, 0.6) is 0 Å².